The van der Waals surface area contributed by atoms with Crippen molar-refractivity contribution >= 4 is 10.0 Å². The minimum atomic E-state index is -3.78. The number of hydrogen-bond acceptors (Lipinski definition) is 5. The SMILES string of the molecule is Cc1cc(S(=O)(=O)NOCCN2CCOCC2)ccc1F. The molecule has 2 rings (SSSR count). The van der Waals surface area contributed by atoms with Crippen LogP contribution in [0.25, 0.3) is 0 Å². The van der Waals surface area contributed by atoms with Crippen molar-refractivity contribution in [3.05, 3.63) is 29.6 Å². The van der Waals surface area contributed by atoms with Crippen LogP contribution in [0.15, 0.2) is 23.1 Å². The molecule has 0 aromatic heterocycles. The molecule has 1 N–H and O–H groups in total. The van der Waals surface area contributed by atoms with Gasteiger partial charge in [0.2, 0.25) is 0 Å². The van der Waals surface area contributed by atoms with Crippen molar-refractivity contribution in [2.45, 2.75) is 11.8 Å². The highest BCUT2D eigenvalue weighted by Gasteiger charge is 2.16. The van der Waals surface area contributed by atoms with Crippen LogP contribution in [-0.4, -0.2) is 52.8 Å². The Kier molecular flexibility index (Phi) is 5.65. The second-order valence-corrected chi connectivity index (χ2v) is 6.45. The Hall–Kier alpha value is -1.06. The van der Waals surface area contributed by atoms with Gasteiger partial charge in [-0.3, -0.25) is 9.74 Å². The molecule has 0 bridgehead atoms. The van der Waals surface area contributed by atoms with Crippen molar-refractivity contribution in [1.29, 1.82) is 0 Å². The third-order valence-electron chi connectivity index (χ3n) is 3.22. The molecule has 0 radical (unpaired) electrons. The van der Waals surface area contributed by atoms with Crippen molar-refractivity contribution in [1.82, 2.24) is 9.79 Å². The molecule has 118 valence electrons. The van der Waals surface area contributed by atoms with Crippen molar-refractivity contribution < 1.29 is 22.4 Å². The number of nitrogens with one attached hydrogen (secondary N) is 1. The van der Waals surface area contributed by atoms with Crippen molar-refractivity contribution in [2.75, 3.05) is 39.5 Å². The van der Waals surface area contributed by atoms with Gasteiger partial charge in [0.25, 0.3) is 10.0 Å². The smallest absolute Gasteiger partial charge is 0.262 e. The van der Waals surface area contributed by atoms with E-state index >= 15 is 0 Å². The van der Waals surface area contributed by atoms with Crippen molar-refractivity contribution in [2.24, 2.45) is 0 Å². The van der Waals surface area contributed by atoms with E-state index in [1.807, 2.05) is 0 Å². The lowest BCUT2D eigenvalue weighted by atomic mass is 10.2. The third-order valence-corrected chi connectivity index (χ3v) is 4.43. The highest BCUT2D eigenvalue weighted by atomic mass is 32.2. The van der Waals surface area contributed by atoms with Gasteiger partial charge >= 0.3 is 0 Å². The quantitative estimate of drug-likeness (QED) is 0.617. The first-order chi connectivity index (χ1) is 9.99. The molecule has 1 saturated heterocycles. The molecule has 0 spiro atoms. The maximum Gasteiger partial charge on any atom is 0.262 e. The standard InChI is InChI=1S/C13H19FN2O4S/c1-11-10-12(2-3-13(11)14)21(17,18)15-20-9-6-16-4-7-19-8-5-16/h2-3,10,15H,4-9H2,1H3. The maximum atomic E-state index is 13.1. The summed E-state index contributed by atoms with van der Waals surface area (Å²) < 4.78 is 42.3. The number of aryl methyl sites for hydroxylation is 1. The summed E-state index contributed by atoms with van der Waals surface area (Å²) in [6.07, 6.45) is 0. The van der Waals surface area contributed by atoms with Gasteiger partial charge in [-0.15, -0.1) is 0 Å². The van der Waals surface area contributed by atoms with Crippen LogP contribution >= 0.6 is 0 Å². The zero-order chi connectivity index (χ0) is 15.3. The van der Waals surface area contributed by atoms with E-state index in [0.29, 0.717) is 19.8 Å². The number of benzene rings is 1. The third kappa shape index (κ3) is 4.72. The number of sulfonamides is 1. The molecule has 0 aliphatic carbocycles. The first-order valence-corrected chi connectivity index (χ1v) is 8.17. The van der Waals surface area contributed by atoms with E-state index in [9.17, 15) is 12.8 Å². The van der Waals surface area contributed by atoms with Crippen LogP contribution in [0.5, 0.6) is 0 Å². The molecule has 1 aliphatic heterocycles. The van der Waals surface area contributed by atoms with Gasteiger partial charge in [0, 0.05) is 19.6 Å². The predicted octanol–water partition coefficient (Wildman–Crippen LogP) is 0.676. The van der Waals surface area contributed by atoms with Gasteiger partial charge in [-0.2, -0.15) is 0 Å². The van der Waals surface area contributed by atoms with Gasteiger partial charge in [-0.1, -0.05) is 4.89 Å². The zero-order valence-electron chi connectivity index (χ0n) is 11.8. The van der Waals surface area contributed by atoms with E-state index in [-0.39, 0.29) is 17.1 Å². The summed E-state index contributed by atoms with van der Waals surface area (Å²) in [4.78, 5) is 9.17. The Balaban J connectivity index is 1.82. The molecular weight excluding hydrogens is 299 g/mol. The molecule has 1 aromatic carbocycles. The number of morpholine rings is 1. The molecule has 6 nitrogen and oxygen atoms in total. The minimum Gasteiger partial charge on any atom is -0.379 e. The zero-order valence-corrected chi connectivity index (χ0v) is 12.7. The number of hydrogen-bond donors (Lipinski definition) is 1. The number of nitrogens with zero attached hydrogens (tertiary/aromatic N) is 1. The summed E-state index contributed by atoms with van der Waals surface area (Å²) in [5, 5.41) is 0. The van der Waals surface area contributed by atoms with E-state index < -0.39 is 15.8 Å². The molecule has 0 amide bonds. The fraction of sp³-hybridized carbons (Fsp3) is 0.538. The molecule has 1 aromatic rings. The first kappa shape index (κ1) is 16.3. The fourth-order valence-electron chi connectivity index (χ4n) is 1.95. The summed E-state index contributed by atoms with van der Waals surface area (Å²) in [7, 11) is -3.78. The topological polar surface area (TPSA) is 67.9 Å². The van der Waals surface area contributed by atoms with Crippen LogP contribution in [0.1, 0.15) is 5.56 Å². The molecular formula is C13H19FN2O4S. The lowest BCUT2D eigenvalue weighted by molar-refractivity contribution is 0.0125. The summed E-state index contributed by atoms with van der Waals surface area (Å²) in [5.41, 5.74) is 0.270. The van der Waals surface area contributed by atoms with Crippen LogP contribution in [0, 0.1) is 12.7 Å². The normalized spacial score (nSPS) is 17.0. The molecule has 21 heavy (non-hydrogen) atoms. The van der Waals surface area contributed by atoms with Gasteiger partial charge < -0.3 is 4.74 Å². The van der Waals surface area contributed by atoms with E-state index in [2.05, 4.69) is 9.79 Å². The fourth-order valence-corrected chi connectivity index (χ4v) is 2.87. The number of halogens is 1. The molecule has 0 atom stereocenters. The largest absolute Gasteiger partial charge is 0.379 e. The van der Waals surface area contributed by atoms with Gasteiger partial charge in [-0.05, 0) is 30.7 Å². The van der Waals surface area contributed by atoms with E-state index in [1.54, 1.807) is 0 Å². The second kappa shape index (κ2) is 7.28. The molecule has 0 saturated carbocycles. The minimum absolute atomic E-state index is 0.0206. The van der Waals surface area contributed by atoms with E-state index in [1.165, 1.54) is 19.1 Å². The van der Waals surface area contributed by atoms with E-state index in [4.69, 9.17) is 9.57 Å². The van der Waals surface area contributed by atoms with Crippen LogP contribution in [0.4, 0.5) is 4.39 Å². The summed E-state index contributed by atoms with van der Waals surface area (Å²) >= 11 is 0. The maximum absolute atomic E-state index is 13.1. The molecule has 0 unspecified atom stereocenters. The van der Waals surface area contributed by atoms with Gasteiger partial charge in [-0.25, -0.2) is 12.8 Å². The average molecular weight is 318 g/mol. The summed E-state index contributed by atoms with van der Waals surface area (Å²) in [6, 6.07) is 3.59. The summed E-state index contributed by atoms with van der Waals surface area (Å²) in [5.74, 6) is -0.442. The number of rotatable bonds is 6. The monoisotopic (exact) mass is 318 g/mol. The Morgan fingerprint density at radius 3 is 2.76 bits per heavy atom. The van der Waals surface area contributed by atoms with Crippen LogP contribution in [-0.2, 0) is 19.6 Å². The van der Waals surface area contributed by atoms with Gasteiger partial charge in [0.1, 0.15) is 5.82 Å². The average Bonchev–Trinajstić information content (AvgIpc) is 2.47. The Morgan fingerprint density at radius 2 is 2.10 bits per heavy atom. The summed E-state index contributed by atoms with van der Waals surface area (Å²) in [6.45, 7) is 5.35. The van der Waals surface area contributed by atoms with Gasteiger partial charge in [0.15, 0.2) is 0 Å². The van der Waals surface area contributed by atoms with Gasteiger partial charge in [0.05, 0.1) is 24.7 Å². The van der Waals surface area contributed by atoms with Crippen LogP contribution < -0.4 is 4.89 Å². The Labute approximate surface area is 123 Å². The highest BCUT2D eigenvalue weighted by Crippen LogP contribution is 2.13. The highest BCUT2D eigenvalue weighted by molar-refractivity contribution is 7.89. The Morgan fingerprint density at radius 1 is 1.38 bits per heavy atom. The van der Waals surface area contributed by atoms with Crippen molar-refractivity contribution in [3.63, 3.8) is 0 Å². The second-order valence-electron chi connectivity index (χ2n) is 4.80. The lowest BCUT2D eigenvalue weighted by Gasteiger charge is -2.26. The number of ether oxygens (including phenoxy) is 1. The van der Waals surface area contributed by atoms with E-state index in [0.717, 1.165) is 19.2 Å². The van der Waals surface area contributed by atoms with Crippen LogP contribution in [0.2, 0.25) is 0 Å². The predicted molar refractivity (Wildman–Crippen MR) is 74.7 cm³/mol. The van der Waals surface area contributed by atoms with Crippen LogP contribution in [0.3, 0.4) is 0 Å². The molecule has 1 aliphatic rings. The van der Waals surface area contributed by atoms with Crippen molar-refractivity contribution in [3.8, 4) is 0 Å². The lowest BCUT2D eigenvalue weighted by Crippen LogP contribution is -2.39. The first-order valence-electron chi connectivity index (χ1n) is 6.69. The molecule has 8 heteroatoms. The molecule has 1 fully saturated rings. The molecule has 1 heterocycles. The Bertz CT molecular complexity index is 574.